The summed E-state index contributed by atoms with van der Waals surface area (Å²) in [5.74, 6) is 0. The van der Waals surface area contributed by atoms with E-state index in [0.717, 1.165) is 31.2 Å². The van der Waals surface area contributed by atoms with Gasteiger partial charge in [0.05, 0.1) is 16.2 Å². The largest absolute Gasteiger partial charge is 0.390 e. The van der Waals surface area contributed by atoms with Crippen molar-refractivity contribution >= 4 is 20.0 Å². The van der Waals surface area contributed by atoms with Crippen LogP contribution < -0.4 is 9.86 Å². The third-order valence-corrected chi connectivity index (χ3v) is 4.84. The second kappa shape index (κ2) is 5.91. The molecule has 1 unspecified atom stereocenters. The molecule has 21 heavy (non-hydrogen) atoms. The molecule has 1 aromatic carbocycles. The SMILES string of the molecule is CC(CC(F)(F)F)NS(=O)(=O)c1cccc(S(N)(=O)=O)c1. The molecule has 0 heterocycles. The number of hydrogen-bond acceptors (Lipinski definition) is 4. The van der Waals surface area contributed by atoms with Crippen LogP contribution in [0.3, 0.4) is 0 Å². The predicted molar refractivity (Wildman–Crippen MR) is 68.3 cm³/mol. The molecule has 1 rings (SSSR count). The smallest absolute Gasteiger partial charge is 0.225 e. The van der Waals surface area contributed by atoms with E-state index in [2.05, 4.69) is 0 Å². The highest BCUT2D eigenvalue weighted by Gasteiger charge is 2.32. The minimum absolute atomic E-state index is 0.450. The maximum absolute atomic E-state index is 12.2. The molecule has 0 bridgehead atoms. The fourth-order valence-electron chi connectivity index (χ4n) is 1.54. The normalized spacial score (nSPS) is 14.9. The molecule has 0 aromatic heterocycles. The lowest BCUT2D eigenvalue weighted by molar-refractivity contribution is -0.137. The summed E-state index contributed by atoms with van der Waals surface area (Å²) < 4.78 is 84.4. The van der Waals surface area contributed by atoms with Gasteiger partial charge < -0.3 is 0 Å². The molecule has 0 aliphatic rings. The van der Waals surface area contributed by atoms with Gasteiger partial charge in [-0.3, -0.25) is 0 Å². The van der Waals surface area contributed by atoms with Crippen molar-refractivity contribution in [2.75, 3.05) is 0 Å². The van der Waals surface area contributed by atoms with Gasteiger partial charge in [0, 0.05) is 6.04 Å². The van der Waals surface area contributed by atoms with Crippen LogP contribution in [0.25, 0.3) is 0 Å². The van der Waals surface area contributed by atoms with Crippen LogP contribution in [0.15, 0.2) is 34.1 Å². The fourth-order valence-corrected chi connectivity index (χ4v) is 3.46. The van der Waals surface area contributed by atoms with Crippen molar-refractivity contribution < 1.29 is 30.0 Å². The van der Waals surface area contributed by atoms with Crippen LogP contribution >= 0.6 is 0 Å². The Morgan fingerprint density at radius 3 is 2.19 bits per heavy atom. The molecule has 0 amide bonds. The Morgan fingerprint density at radius 2 is 1.71 bits per heavy atom. The summed E-state index contributed by atoms with van der Waals surface area (Å²) in [5.41, 5.74) is 0. The van der Waals surface area contributed by atoms with Gasteiger partial charge in [-0.1, -0.05) is 6.07 Å². The van der Waals surface area contributed by atoms with Gasteiger partial charge in [-0.05, 0) is 25.1 Å². The van der Waals surface area contributed by atoms with Gasteiger partial charge in [-0.15, -0.1) is 0 Å². The van der Waals surface area contributed by atoms with Gasteiger partial charge in [0.15, 0.2) is 0 Å². The molecule has 0 saturated heterocycles. The van der Waals surface area contributed by atoms with E-state index in [1.165, 1.54) is 0 Å². The van der Waals surface area contributed by atoms with Crippen LogP contribution in [0.4, 0.5) is 13.2 Å². The summed E-state index contributed by atoms with van der Waals surface area (Å²) in [6.45, 7) is 1.05. The summed E-state index contributed by atoms with van der Waals surface area (Å²) in [4.78, 5) is -0.933. The van der Waals surface area contributed by atoms with E-state index in [4.69, 9.17) is 5.14 Å². The van der Waals surface area contributed by atoms with E-state index in [-0.39, 0.29) is 0 Å². The van der Waals surface area contributed by atoms with Gasteiger partial charge in [0.2, 0.25) is 20.0 Å². The first-order valence-corrected chi connectivity index (χ1v) is 8.56. The van der Waals surface area contributed by atoms with Crippen molar-refractivity contribution in [2.24, 2.45) is 5.14 Å². The van der Waals surface area contributed by atoms with Gasteiger partial charge in [0.1, 0.15) is 0 Å². The van der Waals surface area contributed by atoms with E-state index in [9.17, 15) is 30.0 Å². The lowest BCUT2D eigenvalue weighted by Gasteiger charge is -2.16. The molecule has 0 aliphatic carbocycles. The molecular weight excluding hydrogens is 333 g/mol. The topological polar surface area (TPSA) is 106 Å². The summed E-state index contributed by atoms with van der Waals surface area (Å²) in [6, 6.07) is 2.64. The number of benzene rings is 1. The summed E-state index contributed by atoms with van der Waals surface area (Å²) >= 11 is 0. The number of primary sulfonamides is 1. The van der Waals surface area contributed by atoms with Crippen molar-refractivity contribution in [2.45, 2.75) is 35.4 Å². The second-order valence-corrected chi connectivity index (χ2v) is 7.64. The number of halogens is 3. The van der Waals surface area contributed by atoms with Crippen molar-refractivity contribution in [1.29, 1.82) is 0 Å². The maximum atomic E-state index is 12.2. The number of sulfonamides is 2. The molecule has 1 aromatic rings. The maximum Gasteiger partial charge on any atom is 0.390 e. The molecule has 0 spiro atoms. The third kappa shape index (κ3) is 5.61. The first-order valence-electron chi connectivity index (χ1n) is 5.53. The van der Waals surface area contributed by atoms with Gasteiger partial charge >= 0.3 is 6.18 Å². The Kier molecular flexibility index (Phi) is 5.03. The van der Waals surface area contributed by atoms with E-state index in [1.54, 1.807) is 0 Å². The van der Waals surface area contributed by atoms with E-state index < -0.39 is 48.5 Å². The average molecular weight is 346 g/mol. The van der Waals surface area contributed by atoms with Gasteiger partial charge in [-0.2, -0.15) is 13.2 Å². The molecule has 0 saturated carbocycles. The third-order valence-electron chi connectivity index (χ3n) is 2.34. The van der Waals surface area contributed by atoms with E-state index >= 15 is 0 Å². The zero-order valence-corrected chi connectivity index (χ0v) is 12.4. The molecule has 0 aliphatic heterocycles. The monoisotopic (exact) mass is 346 g/mol. The Hall–Kier alpha value is -1.17. The zero-order chi connectivity index (χ0) is 16.5. The predicted octanol–water partition coefficient (Wildman–Crippen LogP) is 0.953. The Morgan fingerprint density at radius 1 is 1.19 bits per heavy atom. The van der Waals surface area contributed by atoms with Crippen molar-refractivity contribution in [3.63, 3.8) is 0 Å². The first kappa shape index (κ1) is 17.9. The lowest BCUT2D eigenvalue weighted by atomic mass is 10.2. The second-order valence-electron chi connectivity index (χ2n) is 4.36. The Labute approximate surface area is 120 Å². The van der Waals surface area contributed by atoms with Crippen LogP contribution in [0.5, 0.6) is 0 Å². The Bertz CT molecular complexity index is 714. The first-order chi connectivity index (χ1) is 9.31. The highest BCUT2D eigenvalue weighted by molar-refractivity contribution is 7.90. The summed E-state index contributed by atoms with van der Waals surface area (Å²) in [7, 11) is -8.40. The standard InChI is InChI=1S/C10H13F3N2O4S2/c1-7(6-10(11,12)13)15-21(18,19)9-4-2-3-8(5-9)20(14,16)17/h2-5,7,15H,6H2,1H3,(H2,14,16,17). The number of hydrogen-bond donors (Lipinski definition) is 2. The van der Waals surface area contributed by atoms with E-state index in [1.807, 2.05) is 4.72 Å². The molecule has 0 radical (unpaired) electrons. The van der Waals surface area contributed by atoms with Crippen molar-refractivity contribution in [1.82, 2.24) is 4.72 Å². The molecule has 1 atom stereocenters. The summed E-state index contributed by atoms with van der Waals surface area (Å²) in [5, 5.41) is 4.86. The minimum atomic E-state index is -4.52. The summed E-state index contributed by atoms with van der Waals surface area (Å²) in [6.07, 6.45) is -5.87. The van der Waals surface area contributed by atoms with Crippen molar-refractivity contribution in [3.05, 3.63) is 24.3 Å². The Balaban J connectivity index is 3.04. The highest BCUT2D eigenvalue weighted by Crippen LogP contribution is 2.22. The highest BCUT2D eigenvalue weighted by atomic mass is 32.2. The molecule has 6 nitrogen and oxygen atoms in total. The van der Waals surface area contributed by atoms with Crippen LogP contribution in [0.1, 0.15) is 13.3 Å². The van der Waals surface area contributed by atoms with Crippen LogP contribution in [-0.4, -0.2) is 29.1 Å². The van der Waals surface area contributed by atoms with E-state index in [0.29, 0.717) is 0 Å². The van der Waals surface area contributed by atoms with Crippen LogP contribution in [0, 0.1) is 0 Å². The molecule has 11 heteroatoms. The number of nitrogens with two attached hydrogens (primary N) is 1. The zero-order valence-electron chi connectivity index (χ0n) is 10.8. The van der Waals surface area contributed by atoms with Crippen LogP contribution in [-0.2, 0) is 20.0 Å². The van der Waals surface area contributed by atoms with Gasteiger partial charge in [0.25, 0.3) is 0 Å². The van der Waals surface area contributed by atoms with Gasteiger partial charge in [-0.25, -0.2) is 26.7 Å². The molecule has 0 fully saturated rings. The number of rotatable bonds is 5. The van der Waals surface area contributed by atoms with Crippen molar-refractivity contribution in [3.8, 4) is 0 Å². The lowest BCUT2D eigenvalue weighted by Crippen LogP contribution is -2.36. The quantitative estimate of drug-likeness (QED) is 0.828. The molecule has 3 N–H and O–H groups in total. The molecular formula is C10H13F3N2O4S2. The van der Waals surface area contributed by atoms with Crippen LogP contribution in [0.2, 0.25) is 0 Å². The average Bonchev–Trinajstić information content (AvgIpc) is 2.24. The number of alkyl halides is 3. The molecule has 120 valence electrons. The minimum Gasteiger partial charge on any atom is -0.225 e. The number of nitrogens with one attached hydrogen (secondary N) is 1. The fraction of sp³-hybridized carbons (Fsp3) is 0.400.